The Bertz CT molecular complexity index is 559. The lowest BCUT2D eigenvalue weighted by Crippen LogP contribution is -2.42. The second-order valence-electron chi connectivity index (χ2n) is 7.24. The van der Waals surface area contributed by atoms with Crippen molar-refractivity contribution in [2.75, 3.05) is 13.2 Å². The first kappa shape index (κ1) is 22.3. The molecule has 1 aromatic rings. The quantitative estimate of drug-likeness (QED) is 0.415. The number of aldehydes is 1. The smallest absolute Gasteiger partial charge is 0.338 e. The van der Waals surface area contributed by atoms with Crippen molar-refractivity contribution in [3.05, 3.63) is 35.9 Å². The monoisotopic (exact) mass is 364 g/mol. The van der Waals surface area contributed by atoms with Gasteiger partial charge in [-0.05, 0) is 39.2 Å². The van der Waals surface area contributed by atoms with Crippen LogP contribution in [0.25, 0.3) is 0 Å². The molecule has 0 radical (unpaired) electrons. The molecule has 0 fully saturated rings. The van der Waals surface area contributed by atoms with Gasteiger partial charge in [0.05, 0.1) is 24.7 Å². The lowest BCUT2D eigenvalue weighted by Gasteiger charge is -2.29. The molecule has 1 rings (SSSR count). The molecular weight excluding hydrogens is 332 g/mol. The molecule has 3 atom stereocenters. The minimum Gasteiger partial charge on any atom is -0.462 e. The van der Waals surface area contributed by atoms with Crippen molar-refractivity contribution in [2.24, 2.45) is 5.41 Å². The van der Waals surface area contributed by atoms with Crippen LogP contribution in [-0.2, 0) is 30.4 Å². The molecule has 0 saturated carbocycles. The van der Waals surface area contributed by atoms with Crippen LogP contribution in [0, 0.1) is 5.41 Å². The number of hydrogen-bond acceptors (Lipinski definition) is 5. The molecule has 5 heteroatoms. The largest absolute Gasteiger partial charge is 0.462 e. The summed E-state index contributed by atoms with van der Waals surface area (Å²) in [5.74, 6) is -0.465. The van der Waals surface area contributed by atoms with E-state index in [2.05, 4.69) is 0 Å². The topological polar surface area (TPSA) is 61.8 Å². The Hall–Kier alpha value is -1.72. The van der Waals surface area contributed by atoms with Crippen LogP contribution in [0.5, 0.6) is 0 Å². The van der Waals surface area contributed by atoms with E-state index >= 15 is 0 Å². The minimum absolute atomic E-state index is 0.0317. The highest BCUT2D eigenvalue weighted by Crippen LogP contribution is 2.22. The van der Waals surface area contributed by atoms with Gasteiger partial charge in [0.1, 0.15) is 12.9 Å². The lowest BCUT2D eigenvalue weighted by atomic mass is 9.95. The van der Waals surface area contributed by atoms with Gasteiger partial charge < -0.3 is 19.0 Å². The summed E-state index contributed by atoms with van der Waals surface area (Å²) in [6.07, 6.45) is 2.17. The van der Waals surface area contributed by atoms with Crippen LogP contribution in [0.4, 0.5) is 0 Å². The number of benzene rings is 1. The number of carbonyl (C=O) groups is 2. The summed E-state index contributed by atoms with van der Waals surface area (Å²) >= 11 is 0. The van der Waals surface area contributed by atoms with E-state index in [0.29, 0.717) is 13.0 Å². The number of esters is 1. The molecule has 0 spiro atoms. The van der Waals surface area contributed by atoms with Gasteiger partial charge >= 0.3 is 5.97 Å². The van der Waals surface area contributed by atoms with Crippen molar-refractivity contribution in [1.29, 1.82) is 0 Å². The minimum atomic E-state index is -1.06. The zero-order valence-electron chi connectivity index (χ0n) is 16.6. The highest BCUT2D eigenvalue weighted by atomic mass is 16.6. The molecule has 0 heterocycles. The predicted molar refractivity (Wildman–Crippen MR) is 101 cm³/mol. The molecule has 146 valence electrons. The van der Waals surface area contributed by atoms with Crippen molar-refractivity contribution in [2.45, 2.75) is 65.8 Å². The molecule has 0 amide bonds. The summed E-state index contributed by atoms with van der Waals surface area (Å²) in [5.41, 5.74) is -0.940. The van der Waals surface area contributed by atoms with Crippen LogP contribution >= 0.6 is 0 Å². The maximum Gasteiger partial charge on any atom is 0.338 e. The molecule has 0 aliphatic heterocycles. The number of ether oxygens (including phenoxy) is 3. The van der Waals surface area contributed by atoms with Crippen LogP contribution in [0.15, 0.2) is 30.3 Å². The van der Waals surface area contributed by atoms with E-state index in [1.807, 2.05) is 51.1 Å². The molecule has 0 aromatic heterocycles. The average Bonchev–Trinajstić information content (AvgIpc) is 2.69. The molecule has 1 aromatic carbocycles. The average molecular weight is 364 g/mol. The van der Waals surface area contributed by atoms with Crippen LogP contribution in [0.3, 0.4) is 0 Å². The van der Waals surface area contributed by atoms with Crippen LogP contribution < -0.4 is 0 Å². The molecule has 0 saturated heterocycles. The zero-order valence-corrected chi connectivity index (χ0v) is 16.6. The van der Waals surface area contributed by atoms with Gasteiger partial charge in [0.25, 0.3) is 0 Å². The highest BCUT2D eigenvalue weighted by molar-refractivity contribution is 5.79. The summed E-state index contributed by atoms with van der Waals surface area (Å²) in [7, 11) is 0. The second kappa shape index (κ2) is 10.4. The number of hydrogen-bond donors (Lipinski definition) is 0. The molecule has 0 N–H and O–H groups in total. The molecule has 5 nitrogen and oxygen atoms in total. The Morgan fingerprint density at radius 1 is 1.15 bits per heavy atom. The fraction of sp³-hybridized carbons (Fsp3) is 0.619. The molecule has 0 bridgehead atoms. The third kappa shape index (κ3) is 6.89. The Balaban J connectivity index is 2.62. The zero-order chi connectivity index (χ0) is 19.6. The van der Waals surface area contributed by atoms with Gasteiger partial charge in [-0.25, -0.2) is 4.79 Å². The SMILES string of the molecule is CCC(C)OCC(C)(C=O)COC(=O)C(C)(CC)OCc1ccccc1. The maximum atomic E-state index is 12.6. The van der Waals surface area contributed by atoms with Gasteiger partial charge in [0.2, 0.25) is 0 Å². The summed E-state index contributed by atoms with van der Waals surface area (Å²) in [4.78, 5) is 24.0. The predicted octanol–water partition coefficient (Wildman–Crippen LogP) is 3.94. The van der Waals surface area contributed by atoms with Crippen molar-refractivity contribution in [1.82, 2.24) is 0 Å². The third-order valence-electron chi connectivity index (χ3n) is 4.60. The summed E-state index contributed by atoms with van der Waals surface area (Å²) in [6.45, 7) is 9.78. The van der Waals surface area contributed by atoms with E-state index in [1.165, 1.54) is 0 Å². The second-order valence-corrected chi connectivity index (χ2v) is 7.24. The first-order chi connectivity index (χ1) is 12.3. The van der Waals surface area contributed by atoms with Crippen LogP contribution in [0.2, 0.25) is 0 Å². The molecule has 3 unspecified atom stereocenters. The number of rotatable bonds is 12. The molecule has 0 aliphatic carbocycles. The Morgan fingerprint density at radius 3 is 2.35 bits per heavy atom. The Morgan fingerprint density at radius 2 is 1.81 bits per heavy atom. The van der Waals surface area contributed by atoms with E-state index in [1.54, 1.807) is 13.8 Å². The lowest BCUT2D eigenvalue weighted by molar-refractivity contribution is -0.177. The van der Waals surface area contributed by atoms with E-state index < -0.39 is 17.0 Å². The van der Waals surface area contributed by atoms with E-state index in [9.17, 15) is 9.59 Å². The maximum absolute atomic E-state index is 12.6. The van der Waals surface area contributed by atoms with Gasteiger partial charge in [0.15, 0.2) is 5.60 Å². The van der Waals surface area contributed by atoms with Crippen LogP contribution in [-0.4, -0.2) is 37.2 Å². The van der Waals surface area contributed by atoms with E-state index in [0.717, 1.165) is 18.3 Å². The summed E-state index contributed by atoms with van der Waals surface area (Å²) in [6, 6.07) is 9.66. The standard InChI is InChI=1S/C21H32O5/c1-6-17(3)24-15-20(4,14-22)16-25-19(23)21(5,7-2)26-13-18-11-9-8-10-12-18/h8-12,14,17H,6-7,13,15-16H2,1-5H3. The van der Waals surface area contributed by atoms with Gasteiger partial charge in [0, 0.05) is 0 Å². The Kier molecular flexibility index (Phi) is 8.96. The fourth-order valence-electron chi connectivity index (χ4n) is 2.07. The Labute approximate surface area is 157 Å². The summed E-state index contributed by atoms with van der Waals surface area (Å²) < 4.78 is 16.9. The van der Waals surface area contributed by atoms with Gasteiger partial charge in [-0.15, -0.1) is 0 Å². The van der Waals surface area contributed by atoms with Gasteiger partial charge in [-0.1, -0.05) is 44.2 Å². The molecular formula is C21H32O5. The first-order valence-electron chi connectivity index (χ1n) is 9.21. The number of carbonyl (C=O) groups excluding carboxylic acids is 2. The first-order valence-corrected chi connectivity index (χ1v) is 9.21. The van der Waals surface area contributed by atoms with Crippen molar-refractivity contribution < 1.29 is 23.8 Å². The molecule has 0 aliphatic rings. The molecule has 26 heavy (non-hydrogen) atoms. The van der Waals surface area contributed by atoms with Crippen molar-refractivity contribution in [3.63, 3.8) is 0 Å². The van der Waals surface area contributed by atoms with E-state index in [-0.39, 0.29) is 19.3 Å². The normalized spacial score (nSPS) is 17.0. The van der Waals surface area contributed by atoms with Crippen molar-refractivity contribution >= 4 is 12.3 Å². The highest BCUT2D eigenvalue weighted by Gasteiger charge is 2.36. The van der Waals surface area contributed by atoms with Crippen LogP contribution in [0.1, 0.15) is 53.0 Å². The van der Waals surface area contributed by atoms with Gasteiger partial charge in [-0.2, -0.15) is 0 Å². The summed E-state index contributed by atoms with van der Waals surface area (Å²) in [5, 5.41) is 0. The van der Waals surface area contributed by atoms with Crippen molar-refractivity contribution in [3.8, 4) is 0 Å². The van der Waals surface area contributed by atoms with E-state index in [4.69, 9.17) is 14.2 Å². The van der Waals surface area contributed by atoms with Gasteiger partial charge in [-0.3, -0.25) is 0 Å². The fourth-order valence-corrected chi connectivity index (χ4v) is 2.07. The third-order valence-corrected chi connectivity index (χ3v) is 4.60.